The van der Waals surface area contributed by atoms with Crippen molar-refractivity contribution in [3.8, 4) is 0 Å². The molecule has 2 unspecified atom stereocenters. The Balaban J connectivity index is 0.00000193. The number of benzene rings is 2. The van der Waals surface area contributed by atoms with Gasteiger partial charge in [-0.25, -0.2) is 0 Å². The zero-order chi connectivity index (χ0) is 22.9. The summed E-state index contributed by atoms with van der Waals surface area (Å²) in [6.07, 6.45) is 2.15. The van der Waals surface area contributed by atoms with Crippen molar-refractivity contribution in [2.24, 2.45) is 5.92 Å². The molecule has 2 aromatic rings. The van der Waals surface area contributed by atoms with Gasteiger partial charge in [0.2, 0.25) is 0 Å². The standard InChI is InChI=1S/C15H8F3.C9H13.2CH3.2ClH.H2Si.Zr/c16-13-8-15(18)14(17)7-12(13)11-6-5-9-3-1-2-4-10(9)11;1-6-5-7(2)9(4)8(6)3;;;;;;/h1-8H;6H,1-4H3;2*1H3;2*1H;1H2;. The molecule has 0 aromatic heterocycles. The summed E-state index contributed by atoms with van der Waals surface area (Å²) in [5.41, 5.74) is 7.16. The van der Waals surface area contributed by atoms with Crippen LogP contribution in [0.25, 0.3) is 5.57 Å². The van der Waals surface area contributed by atoms with Gasteiger partial charge in [-0.05, 0) is 0 Å². The van der Waals surface area contributed by atoms with E-state index in [2.05, 4.69) is 56.0 Å². The summed E-state index contributed by atoms with van der Waals surface area (Å²) in [4.78, 5) is 0. The molecule has 2 aliphatic carbocycles. The van der Waals surface area contributed by atoms with Crippen LogP contribution in [0, 0.1) is 23.4 Å². The van der Waals surface area contributed by atoms with Crippen LogP contribution in [-0.2, 0) is 17.4 Å². The molecule has 0 spiro atoms. The SMILES string of the molecule is CC1=C(C)C(C)[C]([Zr]([CH3])([CH3])(=[SiH2])[CH]2C=C(c3cc(F)c(F)cc3F)c3ccccc32)=C1C.Cl.Cl. The average molecular weight is 591 g/mol. The molecule has 33 heavy (non-hydrogen) atoms. The first kappa shape index (κ1) is 28.4. The van der Waals surface area contributed by atoms with Gasteiger partial charge in [0.15, 0.2) is 0 Å². The average Bonchev–Trinajstić information content (AvgIpc) is 3.18. The van der Waals surface area contributed by atoms with Gasteiger partial charge in [0.1, 0.15) is 0 Å². The molecule has 2 aromatic carbocycles. The zero-order valence-corrected chi connectivity index (χ0v) is 25.4. The molecule has 0 amide bonds. The monoisotopic (exact) mass is 588 g/mol. The second kappa shape index (κ2) is 9.30. The maximum atomic E-state index is 14.8. The molecular formula is C26H31Cl2F3SiZr. The molecule has 0 saturated heterocycles. The van der Waals surface area contributed by atoms with E-state index in [0.29, 0.717) is 17.6 Å². The fourth-order valence-corrected chi connectivity index (χ4v) is 24.5. The normalized spacial score (nSPS) is 20.4. The van der Waals surface area contributed by atoms with E-state index in [-0.39, 0.29) is 34.0 Å². The number of halogens is 5. The summed E-state index contributed by atoms with van der Waals surface area (Å²) in [5, 5.41) is 0. The van der Waals surface area contributed by atoms with E-state index in [1.54, 1.807) is 3.28 Å². The number of allylic oxidation sites excluding steroid dienone is 5. The molecule has 0 radical (unpaired) electrons. The third-order valence-corrected chi connectivity index (χ3v) is 25.0. The summed E-state index contributed by atoms with van der Waals surface area (Å²) in [7, 11) is 0. The Bertz CT molecular complexity index is 1300. The van der Waals surface area contributed by atoms with Crippen molar-refractivity contribution in [1.29, 1.82) is 0 Å². The Hall–Kier alpha value is -0.870. The van der Waals surface area contributed by atoms with Gasteiger partial charge >= 0.3 is 186 Å². The van der Waals surface area contributed by atoms with Crippen LogP contribution < -0.4 is 0 Å². The number of hydrogen-bond donors (Lipinski definition) is 0. The quantitative estimate of drug-likeness (QED) is 0.251. The Morgan fingerprint density at radius 1 is 0.818 bits per heavy atom. The maximum Gasteiger partial charge on any atom is -0.147 e. The first-order valence-electron chi connectivity index (χ1n) is 10.8. The van der Waals surface area contributed by atoms with Crippen LogP contribution in [-0.4, -0.2) is 6.88 Å². The molecule has 0 fully saturated rings. The van der Waals surface area contributed by atoms with Gasteiger partial charge < -0.3 is 0 Å². The second-order valence-electron chi connectivity index (χ2n) is 10.3. The van der Waals surface area contributed by atoms with Crippen molar-refractivity contribution in [3.63, 3.8) is 0 Å². The molecule has 178 valence electrons. The predicted molar refractivity (Wildman–Crippen MR) is 138 cm³/mol. The third-order valence-electron chi connectivity index (χ3n) is 7.74. The van der Waals surface area contributed by atoms with Gasteiger partial charge in [0, 0.05) is 0 Å². The van der Waals surface area contributed by atoms with Crippen molar-refractivity contribution >= 4 is 37.3 Å². The van der Waals surface area contributed by atoms with E-state index in [9.17, 15) is 13.2 Å². The van der Waals surface area contributed by atoms with Crippen LogP contribution in [0.1, 0.15) is 48.0 Å². The molecule has 0 N–H and O–H groups in total. The number of fused-ring (bicyclic) bond motifs is 1. The van der Waals surface area contributed by atoms with Crippen molar-refractivity contribution in [2.45, 2.75) is 40.6 Å². The summed E-state index contributed by atoms with van der Waals surface area (Å²) in [5.74, 6) is -2.50. The van der Waals surface area contributed by atoms with Gasteiger partial charge in [-0.15, -0.1) is 24.8 Å². The van der Waals surface area contributed by atoms with Gasteiger partial charge in [-0.1, -0.05) is 0 Å². The van der Waals surface area contributed by atoms with Crippen LogP contribution in [0.15, 0.2) is 62.5 Å². The number of rotatable bonds is 3. The van der Waals surface area contributed by atoms with E-state index in [1.165, 1.54) is 22.3 Å². The molecule has 0 heterocycles. The Kier molecular flexibility index (Phi) is 7.99. The summed E-state index contributed by atoms with van der Waals surface area (Å²) in [6, 6.07) is 9.71. The third kappa shape index (κ3) is 4.33. The van der Waals surface area contributed by atoms with E-state index in [4.69, 9.17) is 0 Å². The minimum atomic E-state index is -3.63. The van der Waals surface area contributed by atoms with Crippen molar-refractivity contribution < 1.29 is 30.6 Å². The molecular weight excluding hydrogens is 559 g/mol. The van der Waals surface area contributed by atoms with E-state index < -0.39 is 34.9 Å². The molecule has 0 aliphatic heterocycles. The van der Waals surface area contributed by atoms with Crippen LogP contribution in [0.3, 0.4) is 0 Å². The number of hydrogen-bond acceptors (Lipinski definition) is 0. The zero-order valence-electron chi connectivity index (χ0n) is 19.9. The van der Waals surface area contributed by atoms with Crippen LogP contribution in [0.5, 0.6) is 0 Å². The molecule has 4 rings (SSSR count). The van der Waals surface area contributed by atoms with Crippen molar-refractivity contribution in [3.05, 3.63) is 96.6 Å². The van der Waals surface area contributed by atoms with E-state index in [0.717, 1.165) is 11.6 Å². The van der Waals surface area contributed by atoms with Crippen molar-refractivity contribution in [1.82, 2.24) is 0 Å². The van der Waals surface area contributed by atoms with E-state index >= 15 is 0 Å². The van der Waals surface area contributed by atoms with Crippen molar-refractivity contribution in [2.75, 3.05) is 0 Å². The smallest absolute Gasteiger partial charge is 0.147 e. The Morgan fingerprint density at radius 2 is 1.39 bits per heavy atom. The first-order chi connectivity index (χ1) is 14.3. The topological polar surface area (TPSA) is 0 Å². The first-order valence-corrected chi connectivity index (χ1v) is 24.2. The minimum Gasteiger partial charge on any atom is -0.147 e. The van der Waals surface area contributed by atoms with Gasteiger partial charge in [0.25, 0.3) is 0 Å². The van der Waals surface area contributed by atoms with Gasteiger partial charge in [0.05, 0.1) is 0 Å². The fourth-order valence-electron chi connectivity index (χ4n) is 5.95. The molecule has 7 heteroatoms. The van der Waals surface area contributed by atoms with Gasteiger partial charge in [-0.2, -0.15) is 0 Å². The summed E-state index contributed by atoms with van der Waals surface area (Å²) in [6.45, 7) is 11.2. The summed E-state index contributed by atoms with van der Waals surface area (Å²) < 4.78 is 49.2. The van der Waals surface area contributed by atoms with Crippen LogP contribution >= 0.6 is 24.8 Å². The molecule has 2 aliphatic rings. The molecule has 0 nitrogen and oxygen atoms in total. The fraction of sp³-hybridized carbons (Fsp3) is 0.308. The Morgan fingerprint density at radius 3 is 1.97 bits per heavy atom. The molecule has 0 bridgehead atoms. The van der Waals surface area contributed by atoms with E-state index in [1.807, 2.05) is 18.2 Å². The van der Waals surface area contributed by atoms with Crippen LogP contribution in [0.4, 0.5) is 13.2 Å². The van der Waals surface area contributed by atoms with Crippen LogP contribution in [0.2, 0.25) is 9.26 Å². The maximum absolute atomic E-state index is 14.8. The second-order valence-corrected chi connectivity index (χ2v) is 39.8. The predicted octanol–water partition coefficient (Wildman–Crippen LogP) is 8.03. The Labute approximate surface area is 209 Å². The molecule has 0 saturated carbocycles. The van der Waals surface area contributed by atoms with Gasteiger partial charge in [-0.3, -0.25) is 0 Å². The minimum absolute atomic E-state index is 0. The summed E-state index contributed by atoms with van der Waals surface area (Å²) >= 11 is -3.63. The molecule has 2 atom stereocenters. The largest absolute Gasteiger partial charge is 0.147 e.